The van der Waals surface area contributed by atoms with Crippen molar-refractivity contribution in [1.82, 2.24) is 25.1 Å². The molecule has 1 aliphatic carbocycles. The van der Waals surface area contributed by atoms with Gasteiger partial charge in [0, 0.05) is 45.2 Å². The zero-order chi connectivity index (χ0) is 17.2. The molecule has 0 atom stereocenters. The maximum Gasteiger partial charge on any atom is 0.133 e. The topological polar surface area (TPSA) is 70.1 Å². The second-order valence-corrected chi connectivity index (χ2v) is 8.25. The van der Waals surface area contributed by atoms with Gasteiger partial charge in [-0.25, -0.2) is 9.97 Å². The third-order valence-electron chi connectivity index (χ3n) is 4.82. The maximum absolute atomic E-state index is 4.37. The fourth-order valence-corrected chi connectivity index (χ4v) is 4.19. The first-order valence-corrected chi connectivity index (χ1v) is 9.79. The van der Waals surface area contributed by atoms with E-state index in [1.165, 1.54) is 22.9 Å². The molecule has 2 aliphatic rings. The third kappa shape index (κ3) is 4.24. The molecule has 0 unspecified atom stereocenters. The monoisotopic (exact) mass is 359 g/mol. The summed E-state index contributed by atoms with van der Waals surface area (Å²) in [4.78, 5) is 13.1. The highest BCUT2D eigenvalue weighted by Crippen LogP contribution is 2.41. The lowest BCUT2D eigenvalue weighted by molar-refractivity contribution is 0.210. The van der Waals surface area contributed by atoms with Crippen LogP contribution in [0.1, 0.15) is 41.6 Å². The number of piperidine rings is 1. The Bertz CT molecular complexity index is 705. The lowest BCUT2D eigenvalue weighted by atomic mass is 10.1. The van der Waals surface area contributed by atoms with Gasteiger partial charge >= 0.3 is 0 Å². The van der Waals surface area contributed by atoms with Gasteiger partial charge in [0.25, 0.3) is 0 Å². The van der Waals surface area contributed by atoms with Gasteiger partial charge in [-0.3, -0.25) is 4.90 Å². The van der Waals surface area contributed by atoms with E-state index in [-0.39, 0.29) is 0 Å². The number of nitrogens with one attached hydrogen (secondary N) is 1. The first-order valence-electron chi connectivity index (χ1n) is 8.98. The van der Waals surface area contributed by atoms with Crippen LogP contribution in [0.15, 0.2) is 12.4 Å². The minimum Gasteiger partial charge on any atom is -0.367 e. The second-order valence-electron chi connectivity index (χ2n) is 7.16. The lowest BCUT2D eigenvalue weighted by Crippen LogP contribution is -2.38. The molecule has 134 valence electrons. The van der Waals surface area contributed by atoms with Gasteiger partial charge in [-0.05, 0) is 25.7 Å². The molecule has 1 aliphatic heterocycles. The number of aromatic nitrogens is 4. The molecule has 1 saturated heterocycles. The van der Waals surface area contributed by atoms with Gasteiger partial charge in [-0.2, -0.15) is 0 Å². The summed E-state index contributed by atoms with van der Waals surface area (Å²) in [5, 5.41) is 14.7. The summed E-state index contributed by atoms with van der Waals surface area (Å²) in [5.41, 5.74) is 0. The number of nitrogens with zero attached hydrogens (tertiary/aromatic N) is 6. The van der Waals surface area contributed by atoms with E-state index in [4.69, 9.17) is 0 Å². The van der Waals surface area contributed by atoms with Crippen molar-refractivity contribution in [3.63, 3.8) is 0 Å². The van der Waals surface area contributed by atoms with E-state index in [1.807, 2.05) is 25.1 Å². The van der Waals surface area contributed by atoms with E-state index >= 15 is 0 Å². The fourth-order valence-electron chi connectivity index (χ4n) is 3.13. The molecule has 8 heteroatoms. The van der Waals surface area contributed by atoms with Crippen molar-refractivity contribution in [1.29, 1.82) is 0 Å². The molecule has 2 aromatic heterocycles. The Kier molecular flexibility index (Phi) is 4.80. The Morgan fingerprint density at radius 3 is 2.68 bits per heavy atom. The molecule has 4 rings (SSSR count). The summed E-state index contributed by atoms with van der Waals surface area (Å²) < 4.78 is 0. The summed E-state index contributed by atoms with van der Waals surface area (Å²) in [6, 6.07) is 2.48. The largest absolute Gasteiger partial charge is 0.367 e. The molecule has 0 bridgehead atoms. The quantitative estimate of drug-likeness (QED) is 0.849. The van der Waals surface area contributed by atoms with Crippen molar-refractivity contribution in [2.75, 3.05) is 37.4 Å². The molecule has 1 N–H and O–H groups in total. The first kappa shape index (κ1) is 16.7. The van der Waals surface area contributed by atoms with Crippen LogP contribution >= 0.6 is 11.3 Å². The normalized spacial score (nSPS) is 19.1. The highest BCUT2D eigenvalue weighted by Gasteiger charge is 2.28. The van der Waals surface area contributed by atoms with Crippen molar-refractivity contribution >= 4 is 23.0 Å². The Labute approximate surface area is 152 Å². The molecular weight excluding hydrogens is 334 g/mol. The number of hydrogen-bond donors (Lipinski definition) is 1. The van der Waals surface area contributed by atoms with Crippen LogP contribution in [0.4, 0.5) is 11.6 Å². The average Bonchev–Trinajstić information content (AvgIpc) is 3.37. The van der Waals surface area contributed by atoms with Gasteiger partial charge in [-0.15, -0.1) is 10.2 Å². The van der Waals surface area contributed by atoms with E-state index in [0.717, 1.165) is 44.1 Å². The van der Waals surface area contributed by atoms with E-state index < -0.39 is 0 Å². The molecule has 25 heavy (non-hydrogen) atoms. The Morgan fingerprint density at radius 1 is 1.16 bits per heavy atom. The molecule has 0 radical (unpaired) electrons. The van der Waals surface area contributed by atoms with E-state index in [2.05, 4.69) is 30.4 Å². The average molecular weight is 360 g/mol. The summed E-state index contributed by atoms with van der Waals surface area (Å²) in [5.74, 6) is 2.55. The zero-order valence-corrected chi connectivity index (χ0v) is 15.7. The van der Waals surface area contributed by atoms with Crippen LogP contribution in [-0.2, 0) is 6.54 Å². The lowest BCUT2D eigenvalue weighted by Gasteiger charge is -2.32. The number of anilines is 2. The Hall–Kier alpha value is -1.80. The first-order chi connectivity index (χ1) is 12.2. The number of likely N-dealkylation sites (tertiary alicyclic amines) is 1. The molecule has 3 heterocycles. The predicted molar refractivity (Wildman–Crippen MR) is 100 cm³/mol. The molecule has 7 nitrogen and oxygen atoms in total. The minimum atomic E-state index is 0.470. The van der Waals surface area contributed by atoms with Gasteiger partial charge in [-0.1, -0.05) is 11.3 Å². The van der Waals surface area contributed by atoms with Crippen molar-refractivity contribution in [2.45, 2.75) is 44.2 Å². The van der Waals surface area contributed by atoms with Gasteiger partial charge in [0.05, 0.1) is 6.54 Å². The van der Waals surface area contributed by atoms with Crippen molar-refractivity contribution in [2.24, 2.45) is 0 Å². The Morgan fingerprint density at radius 2 is 1.96 bits per heavy atom. The minimum absolute atomic E-state index is 0.470. The maximum atomic E-state index is 4.37. The van der Waals surface area contributed by atoms with Gasteiger partial charge in [0.1, 0.15) is 28.0 Å². The highest BCUT2D eigenvalue weighted by molar-refractivity contribution is 7.11. The smallest absolute Gasteiger partial charge is 0.133 e. The van der Waals surface area contributed by atoms with E-state index in [9.17, 15) is 0 Å². The predicted octanol–water partition coefficient (Wildman–Crippen LogP) is 2.35. The SMILES string of the molecule is CN(C)c1cc(NC2CCN(Cc3nnc(C4CC4)s3)CC2)ncn1. The van der Waals surface area contributed by atoms with Crippen molar-refractivity contribution in [3.8, 4) is 0 Å². The standard InChI is InChI=1S/C17H25N7S/c1-23(2)15-9-14(18-11-19-15)20-13-5-7-24(8-6-13)10-16-21-22-17(25-16)12-3-4-12/h9,11-13H,3-8,10H2,1-2H3,(H,18,19,20). The molecule has 0 amide bonds. The molecule has 0 spiro atoms. The summed E-state index contributed by atoms with van der Waals surface area (Å²) in [6.45, 7) is 3.11. The number of rotatable bonds is 6. The van der Waals surface area contributed by atoms with Crippen LogP contribution in [-0.4, -0.2) is 58.3 Å². The van der Waals surface area contributed by atoms with Crippen LogP contribution in [0.3, 0.4) is 0 Å². The molecule has 0 aromatic carbocycles. The van der Waals surface area contributed by atoms with Crippen LogP contribution in [0.5, 0.6) is 0 Å². The van der Waals surface area contributed by atoms with Gasteiger partial charge in [0.15, 0.2) is 0 Å². The summed E-state index contributed by atoms with van der Waals surface area (Å²) in [6.07, 6.45) is 6.46. The molecule has 1 saturated carbocycles. The number of hydrogen-bond acceptors (Lipinski definition) is 8. The van der Waals surface area contributed by atoms with E-state index in [0.29, 0.717) is 12.0 Å². The van der Waals surface area contributed by atoms with Gasteiger partial charge < -0.3 is 10.2 Å². The zero-order valence-electron chi connectivity index (χ0n) is 14.9. The third-order valence-corrected chi connectivity index (χ3v) is 5.89. The van der Waals surface area contributed by atoms with Crippen LogP contribution < -0.4 is 10.2 Å². The van der Waals surface area contributed by atoms with Gasteiger partial charge in [0.2, 0.25) is 0 Å². The highest BCUT2D eigenvalue weighted by atomic mass is 32.1. The molecule has 2 aromatic rings. The molecular formula is C17H25N7S. The van der Waals surface area contributed by atoms with Crippen molar-refractivity contribution in [3.05, 3.63) is 22.4 Å². The second kappa shape index (κ2) is 7.21. The van der Waals surface area contributed by atoms with E-state index in [1.54, 1.807) is 17.7 Å². The summed E-state index contributed by atoms with van der Waals surface area (Å²) >= 11 is 1.80. The van der Waals surface area contributed by atoms with Crippen LogP contribution in [0.2, 0.25) is 0 Å². The van der Waals surface area contributed by atoms with Crippen molar-refractivity contribution < 1.29 is 0 Å². The molecule has 2 fully saturated rings. The fraction of sp³-hybridized carbons (Fsp3) is 0.647. The van der Waals surface area contributed by atoms with Crippen LogP contribution in [0, 0.1) is 0 Å². The Balaban J connectivity index is 1.27. The summed E-state index contributed by atoms with van der Waals surface area (Å²) in [7, 11) is 3.99. The van der Waals surface area contributed by atoms with Crippen LogP contribution in [0.25, 0.3) is 0 Å².